The molecular formula is C16H18F7N5. The molecule has 1 aromatic rings. The van der Waals surface area contributed by atoms with Crippen molar-refractivity contribution in [2.24, 2.45) is 5.41 Å². The minimum Gasteiger partial charge on any atom is -0.343 e. The van der Waals surface area contributed by atoms with Gasteiger partial charge in [-0.3, -0.25) is 0 Å². The second kappa shape index (κ2) is 7.60. The molecule has 0 spiro atoms. The van der Waals surface area contributed by atoms with Crippen molar-refractivity contribution in [1.82, 2.24) is 15.0 Å². The molecule has 28 heavy (non-hydrogen) atoms. The average Bonchev–Trinajstić information content (AvgIpc) is 3.32. The molecule has 1 heterocycles. The number of hydrogen-bond acceptors (Lipinski definition) is 5. The summed E-state index contributed by atoms with van der Waals surface area (Å²) in [6.07, 6.45) is -9.52. The normalized spacial score (nSPS) is 19.1. The summed E-state index contributed by atoms with van der Waals surface area (Å²) >= 11 is 0. The Hall–Kier alpha value is -2.32. The molecule has 0 aromatic carbocycles. The second-order valence-electron chi connectivity index (χ2n) is 6.64. The van der Waals surface area contributed by atoms with Crippen LogP contribution in [0, 0.1) is 17.3 Å². The van der Waals surface area contributed by atoms with Crippen LogP contribution >= 0.6 is 0 Å². The fourth-order valence-electron chi connectivity index (χ4n) is 2.05. The maximum atomic E-state index is 13.6. The van der Waals surface area contributed by atoms with E-state index >= 15 is 0 Å². The Bertz CT molecular complexity index is 719. The third kappa shape index (κ3) is 5.59. The van der Waals surface area contributed by atoms with Gasteiger partial charge in [0.2, 0.25) is 17.7 Å². The van der Waals surface area contributed by atoms with Gasteiger partial charge in [-0.25, -0.2) is 4.39 Å². The average molecular weight is 413 g/mol. The molecule has 1 aliphatic rings. The Morgan fingerprint density at radius 3 is 1.61 bits per heavy atom. The molecule has 1 unspecified atom stereocenters. The van der Waals surface area contributed by atoms with Gasteiger partial charge < -0.3 is 10.6 Å². The molecule has 156 valence electrons. The van der Waals surface area contributed by atoms with Crippen LogP contribution in [0.3, 0.4) is 0 Å². The van der Waals surface area contributed by atoms with Crippen LogP contribution in [0.4, 0.5) is 42.6 Å². The van der Waals surface area contributed by atoms with Gasteiger partial charge in [0.25, 0.3) is 0 Å². The van der Waals surface area contributed by atoms with Crippen LogP contribution < -0.4 is 10.6 Å². The lowest BCUT2D eigenvalue weighted by atomic mass is 10.0. The van der Waals surface area contributed by atoms with Crippen molar-refractivity contribution in [3.63, 3.8) is 0 Å². The maximum Gasteiger partial charge on any atom is 0.408 e. The molecule has 5 nitrogen and oxygen atoms in total. The molecule has 2 rings (SSSR count). The zero-order valence-electron chi connectivity index (χ0n) is 15.1. The van der Waals surface area contributed by atoms with Crippen LogP contribution in [0.5, 0.6) is 0 Å². The van der Waals surface area contributed by atoms with Gasteiger partial charge in [0.05, 0.1) is 5.41 Å². The quantitative estimate of drug-likeness (QED) is 0.563. The topological polar surface area (TPSA) is 62.7 Å². The second-order valence-corrected chi connectivity index (χ2v) is 6.64. The van der Waals surface area contributed by atoms with Gasteiger partial charge in [-0.2, -0.15) is 41.3 Å². The maximum absolute atomic E-state index is 13.6. The van der Waals surface area contributed by atoms with Crippen LogP contribution in [0.1, 0.15) is 39.4 Å². The summed E-state index contributed by atoms with van der Waals surface area (Å²) in [5.41, 5.74) is -0.883. The van der Waals surface area contributed by atoms with Crippen molar-refractivity contribution >= 4 is 11.9 Å². The molecule has 1 aromatic heterocycles. The first-order chi connectivity index (χ1) is 12.7. The molecule has 0 radical (unpaired) electrons. The molecule has 1 saturated carbocycles. The highest BCUT2D eigenvalue weighted by molar-refractivity contribution is 5.41. The lowest BCUT2D eigenvalue weighted by Crippen LogP contribution is -2.35. The fraction of sp³-hybridized carbons (Fsp3) is 0.688. The van der Waals surface area contributed by atoms with E-state index < -0.39 is 47.9 Å². The predicted octanol–water partition coefficient (Wildman–Crippen LogP) is 4.09. The lowest BCUT2D eigenvalue weighted by Gasteiger charge is -2.19. The van der Waals surface area contributed by atoms with Crippen molar-refractivity contribution in [2.45, 2.75) is 64.2 Å². The SMILES string of the molecule is CC(F)C1(C#Cc2nc(N[C@H](C)C(F)(F)F)nc(N[C@H](C)C(F)(F)F)n2)CC1. The van der Waals surface area contributed by atoms with Gasteiger partial charge >= 0.3 is 12.4 Å². The number of anilines is 2. The first kappa shape index (κ1) is 22.0. The molecular weight excluding hydrogens is 395 g/mol. The minimum atomic E-state index is -4.63. The number of rotatable bonds is 5. The van der Waals surface area contributed by atoms with Gasteiger partial charge in [-0.15, -0.1) is 0 Å². The highest BCUT2D eigenvalue weighted by Crippen LogP contribution is 2.49. The van der Waals surface area contributed by atoms with Crippen LogP contribution in [0.25, 0.3) is 0 Å². The van der Waals surface area contributed by atoms with E-state index in [-0.39, 0.29) is 5.82 Å². The summed E-state index contributed by atoms with van der Waals surface area (Å²) < 4.78 is 90.0. The summed E-state index contributed by atoms with van der Waals surface area (Å²) in [6, 6.07) is -4.13. The number of nitrogens with one attached hydrogen (secondary N) is 2. The summed E-state index contributed by atoms with van der Waals surface area (Å²) in [5, 5.41) is 3.92. The van der Waals surface area contributed by atoms with Crippen LogP contribution in [-0.2, 0) is 0 Å². The molecule has 3 atom stereocenters. The highest BCUT2D eigenvalue weighted by atomic mass is 19.4. The molecule has 12 heteroatoms. The van der Waals surface area contributed by atoms with Gasteiger partial charge in [0, 0.05) is 0 Å². The Kier molecular flexibility index (Phi) is 5.96. The number of hydrogen-bond donors (Lipinski definition) is 2. The van der Waals surface area contributed by atoms with Crippen LogP contribution in [-0.4, -0.2) is 45.6 Å². The summed E-state index contributed by atoms with van der Waals surface area (Å²) in [4.78, 5) is 10.9. The number of nitrogens with zero attached hydrogens (tertiary/aromatic N) is 3. The highest BCUT2D eigenvalue weighted by Gasteiger charge is 2.47. The van der Waals surface area contributed by atoms with Crippen molar-refractivity contribution < 1.29 is 30.7 Å². The summed E-state index contributed by atoms with van der Waals surface area (Å²) in [7, 11) is 0. The monoisotopic (exact) mass is 413 g/mol. The standard InChI is InChI=1S/C16H18F7N5/c1-8(17)14(6-7-14)5-4-11-26-12(24-9(2)15(18,19)20)28-13(27-11)25-10(3)16(21,22)23/h8-10H,6-7H2,1-3H3,(H2,24,25,26,27,28)/t8?,9-,10-/m1/s1. The minimum absolute atomic E-state index is 0.365. The Morgan fingerprint density at radius 1 is 0.857 bits per heavy atom. The van der Waals surface area contributed by atoms with E-state index in [4.69, 9.17) is 0 Å². The van der Waals surface area contributed by atoms with E-state index in [1.807, 2.05) is 10.6 Å². The lowest BCUT2D eigenvalue weighted by molar-refractivity contribution is -0.139. The van der Waals surface area contributed by atoms with Gasteiger partial charge in [0.15, 0.2) is 0 Å². The molecule has 1 aliphatic carbocycles. The van der Waals surface area contributed by atoms with Crippen molar-refractivity contribution in [3.05, 3.63) is 5.82 Å². The number of aromatic nitrogens is 3. The summed E-state index contributed by atoms with van der Waals surface area (Å²) in [5.74, 6) is 3.51. The molecule has 2 N–H and O–H groups in total. The Balaban J connectivity index is 2.34. The van der Waals surface area contributed by atoms with Crippen LogP contribution in [0.2, 0.25) is 0 Å². The van der Waals surface area contributed by atoms with Crippen molar-refractivity contribution in [1.29, 1.82) is 0 Å². The zero-order chi connectivity index (χ0) is 21.3. The van der Waals surface area contributed by atoms with Crippen molar-refractivity contribution in [3.8, 4) is 11.8 Å². The van der Waals surface area contributed by atoms with E-state index in [0.717, 1.165) is 13.8 Å². The molecule has 0 aliphatic heterocycles. The smallest absolute Gasteiger partial charge is 0.343 e. The van der Waals surface area contributed by atoms with Crippen LogP contribution in [0.15, 0.2) is 0 Å². The van der Waals surface area contributed by atoms with E-state index in [1.54, 1.807) is 0 Å². The zero-order valence-corrected chi connectivity index (χ0v) is 15.1. The van der Waals surface area contributed by atoms with Gasteiger partial charge in [-0.1, -0.05) is 5.92 Å². The Labute approximate surface area is 156 Å². The summed E-state index contributed by atoms with van der Waals surface area (Å²) in [6.45, 7) is 2.92. The molecule has 1 fully saturated rings. The van der Waals surface area contributed by atoms with E-state index in [1.165, 1.54) is 6.92 Å². The van der Waals surface area contributed by atoms with Crippen molar-refractivity contribution in [2.75, 3.05) is 10.6 Å². The third-order valence-electron chi connectivity index (χ3n) is 4.28. The molecule has 0 bridgehead atoms. The largest absolute Gasteiger partial charge is 0.408 e. The first-order valence-corrected chi connectivity index (χ1v) is 8.33. The van der Waals surface area contributed by atoms with E-state index in [9.17, 15) is 30.7 Å². The van der Waals surface area contributed by atoms with E-state index in [2.05, 4.69) is 26.8 Å². The van der Waals surface area contributed by atoms with Gasteiger partial charge in [0.1, 0.15) is 18.3 Å². The molecule has 0 amide bonds. The third-order valence-corrected chi connectivity index (χ3v) is 4.28. The fourth-order valence-corrected chi connectivity index (χ4v) is 2.05. The number of halogens is 7. The van der Waals surface area contributed by atoms with E-state index in [0.29, 0.717) is 12.8 Å². The Morgan fingerprint density at radius 2 is 1.29 bits per heavy atom. The van der Waals surface area contributed by atoms with Gasteiger partial charge in [-0.05, 0) is 39.5 Å². The molecule has 0 saturated heterocycles. The number of alkyl halides is 7. The predicted molar refractivity (Wildman–Crippen MR) is 87.2 cm³/mol. The first-order valence-electron chi connectivity index (χ1n) is 8.33.